The molecule has 0 radical (unpaired) electrons. The first kappa shape index (κ1) is 9.85. The summed E-state index contributed by atoms with van der Waals surface area (Å²) < 4.78 is 0. The Bertz CT molecular complexity index is 380. The van der Waals surface area contributed by atoms with Gasteiger partial charge in [-0.15, -0.1) is 0 Å². The van der Waals surface area contributed by atoms with Crippen LogP contribution in [0.4, 0.5) is 0 Å². The molecule has 1 aromatic rings. The standard InChI is InChI=1S/C8H5NO5/c10-3-4-1-5(7(11)12)9-6(2-4)8(13)14/h1-3H,(H,11,12)(H,13,14). The van der Waals surface area contributed by atoms with Crippen LogP contribution in [0.2, 0.25) is 0 Å². The van der Waals surface area contributed by atoms with Gasteiger partial charge >= 0.3 is 11.9 Å². The molecule has 1 rings (SSSR count). The summed E-state index contributed by atoms with van der Waals surface area (Å²) in [4.78, 5) is 34.6. The van der Waals surface area contributed by atoms with Crippen LogP contribution >= 0.6 is 0 Å². The summed E-state index contributed by atoms with van der Waals surface area (Å²) in [5.74, 6) is -2.76. The third-order valence-electron chi connectivity index (χ3n) is 1.42. The fourth-order valence-electron chi connectivity index (χ4n) is 0.839. The molecule has 0 atom stereocenters. The van der Waals surface area contributed by atoms with Crippen LogP contribution in [0.3, 0.4) is 0 Å². The lowest BCUT2D eigenvalue weighted by atomic mass is 10.2. The van der Waals surface area contributed by atoms with Crippen LogP contribution < -0.4 is 0 Å². The van der Waals surface area contributed by atoms with Crippen LogP contribution in [0.1, 0.15) is 31.3 Å². The van der Waals surface area contributed by atoms with E-state index in [1.165, 1.54) is 0 Å². The van der Waals surface area contributed by atoms with Gasteiger partial charge in [0.2, 0.25) is 0 Å². The van der Waals surface area contributed by atoms with E-state index in [2.05, 4.69) is 4.98 Å². The zero-order chi connectivity index (χ0) is 10.7. The molecule has 14 heavy (non-hydrogen) atoms. The van der Waals surface area contributed by atoms with Gasteiger partial charge in [-0.05, 0) is 12.1 Å². The molecule has 0 saturated carbocycles. The first-order chi connectivity index (χ1) is 6.54. The Hall–Kier alpha value is -2.24. The van der Waals surface area contributed by atoms with Gasteiger partial charge in [-0.3, -0.25) is 4.79 Å². The quantitative estimate of drug-likeness (QED) is 0.671. The van der Waals surface area contributed by atoms with Crippen LogP contribution in [0.5, 0.6) is 0 Å². The van der Waals surface area contributed by atoms with Crippen molar-refractivity contribution in [1.29, 1.82) is 0 Å². The summed E-state index contributed by atoms with van der Waals surface area (Å²) in [6, 6.07) is 2.00. The predicted molar refractivity (Wildman–Crippen MR) is 43.5 cm³/mol. The van der Waals surface area contributed by atoms with Crippen molar-refractivity contribution in [2.75, 3.05) is 0 Å². The second-order valence-electron chi connectivity index (χ2n) is 2.40. The van der Waals surface area contributed by atoms with Gasteiger partial charge in [0.1, 0.15) is 17.7 Å². The Labute approximate surface area is 77.8 Å². The first-order valence-corrected chi connectivity index (χ1v) is 3.48. The molecule has 6 nitrogen and oxygen atoms in total. The van der Waals surface area contributed by atoms with Gasteiger partial charge in [0.25, 0.3) is 0 Å². The minimum Gasteiger partial charge on any atom is -0.477 e. The highest BCUT2D eigenvalue weighted by Crippen LogP contribution is 2.04. The number of pyridine rings is 1. The number of carbonyl (C=O) groups excluding carboxylic acids is 1. The maximum Gasteiger partial charge on any atom is 0.354 e. The van der Waals surface area contributed by atoms with Crippen LogP contribution in [0.25, 0.3) is 0 Å². The summed E-state index contributed by atoms with van der Waals surface area (Å²) >= 11 is 0. The molecule has 0 unspecified atom stereocenters. The molecule has 0 aliphatic heterocycles. The van der Waals surface area contributed by atoms with Gasteiger partial charge in [-0.25, -0.2) is 14.6 Å². The topological polar surface area (TPSA) is 105 Å². The monoisotopic (exact) mass is 195 g/mol. The molecule has 0 bridgehead atoms. The number of aromatic carboxylic acids is 2. The Morgan fingerprint density at radius 3 is 1.86 bits per heavy atom. The molecule has 0 spiro atoms. The molecule has 6 heteroatoms. The number of rotatable bonds is 3. The number of carboxylic acids is 2. The number of hydrogen-bond donors (Lipinski definition) is 2. The Balaban J connectivity index is 3.34. The maximum absolute atomic E-state index is 10.5. The van der Waals surface area contributed by atoms with Crippen LogP contribution in [0.15, 0.2) is 12.1 Å². The van der Waals surface area contributed by atoms with Crippen molar-refractivity contribution in [3.8, 4) is 0 Å². The van der Waals surface area contributed by atoms with E-state index in [4.69, 9.17) is 10.2 Å². The van der Waals surface area contributed by atoms with Crippen molar-refractivity contribution in [2.24, 2.45) is 0 Å². The van der Waals surface area contributed by atoms with E-state index in [9.17, 15) is 14.4 Å². The fraction of sp³-hybridized carbons (Fsp3) is 0. The number of carbonyl (C=O) groups is 3. The van der Waals surface area contributed by atoms with Gasteiger partial charge < -0.3 is 10.2 Å². The normalized spacial score (nSPS) is 9.43. The molecule has 0 fully saturated rings. The minimum atomic E-state index is -1.38. The van der Waals surface area contributed by atoms with Crippen molar-refractivity contribution in [2.45, 2.75) is 0 Å². The summed E-state index contributed by atoms with van der Waals surface area (Å²) in [7, 11) is 0. The van der Waals surface area contributed by atoms with Crippen LogP contribution in [-0.2, 0) is 0 Å². The summed E-state index contributed by atoms with van der Waals surface area (Å²) in [6.45, 7) is 0. The molecule has 1 heterocycles. The van der Waals surface area contributed by atoms with E-state index in [1.807, 2.05) is 0 Å². The number of aldehydes is 1. The Kier molecular flexibility index (Phi) is 2.57. The van der Waals surface area contributed by atoms with E-state index >= 15 is 0 Å². The van der Waals surface area contributed by atoms with Gasteiger partial charge in [-0.1, -0.05) is 0 Å². The smallest absolute Gasteiger partial charge is 0.354 e. The van der Waals surface area contributed by atoms with E-state index in [0.29, 0.717) is 6.29 Å². The fourth-order valence-corrected chi connectivity index (χ4v) is 0.839. The lowest BCUT2D eigenvalue weighted by Crippen LogP contribution is -2.08. The zero-order valence-corrected chi connectivity index (χ0v) is 6.80. The SMILES string of the molecule is O=Cc1cc(C(=O)O)nc(C(=O)O)c1. The highest BCUT2D eigenvalue weighted by atomic mass is 16.4. The van der Waals surface area contributed by atoms with Crippen molar-refractivity contribution in [3.05, 3.63) is 29.1 Å². The van der Waals surface area contributed by atoms with Gasteiger partial charge in [0.05, 0.1) is 0 Å². The van der Waals surface area contributed by atoms with Crippen LogP contribution in [0, 0.1) is 0 Å². The minimum absolute atomic E-state index is 0.0326. The third-order valence-corrected chi connectivity index (χ3v) is 1.42. The maximum atomic E-state index is 10.5. The number of carboxylic acid groups (broad SMARTS) is 2. The highest BCUT2D eigenvalue weighted by molar-refractivity contribution is 5.93. The Morgan fingerprint density at radius 2 is 1.57 bits per heavy atom. The second-order valence-corrected chi connectivity index (χ2v) is 2.40. The number of aromatic nitrogens is 1. The van der Waals surface area contributed by atoms with E-state index in [-0.39, 0.29) is 5.56 Å². The molecule has 0 aliphatic carbocycles. The van der Waals surface area contributed by atoms with Crippen molar-refractivity contribution in [3.63, 3.8) is 0 Å². The van der Waals surface area contributed by atoms with E-state index in [0.717, 1.165) is 12.1 Å². The number of hydrogen-bond acceptors (Lipinski definition) is 4. The van der Waals surface area contributed by atoms with Gasteiger partial charge in [-0.2, -0.15) is 0 Å². The molecule has 2 N–H and O–H groups in total. The predicted octanol–water partition coefficient (Wildman–Crippen LogP) is 0.290. The lowest BCUT2D eigenvalue weighted by Gasteiger charge is -1.98. The molecular weight excluding hydrogens is 190 g/mol. The summed E-state index contributed by atoms with van der Waals surface area (Å²) in [6.07, 6.45) is 0.362. The molecule has 0 saturated heterocycles. The van der Waals surface area contributed by atoms with Crippen molar-refractivity contribution < 1.29 is 24.6 Å². The average Bonchev–Trinajstić information content (AvgIpc) is 2.16. The van der Waals surface area contributed by atoms with Crippen molar-refractivity contribution in [1.82, 2.24) is 4.98 Å². The molecule has 0 amide bonds. The van der Waals surface area contributed by atoms with E-state index < -0.39 is 23.3 Å². The average molecular weight is 195 g/mol. The first-order valence-electron chi connectivity index (χ1n) is 3.48. The van der Waals surface area contributed by atoms with E-state index in [1.54, 1.807) is 0 Å². The number of nitrogens with zero attached hydrogens (tertiary/aromatic N) is 1. The molecular formula is C8H5NO5. The third kappa shape index (κ3) is 1.92. The summed E-state index contributed by atoms with van der Waals surface area (Å²) in [5, 5.41) is 17.1. The highest BCUT2D eigenvalue weighted by Gasteiger charge is 2.12. The lowest BCUT2D eigenvalue weighted by molar-refractivity contribution is 0.0685. The molecule has 1 aromatic heterocycles. The largest absolute Gasteiger partial charge is 0.477 e. The molecule has 72 valence electrons. The van der Waals surface area contributed by atoms with Crippen LogP contribution in [-0.4, -0.2) is 33.4 Å². The molecule has 0 aromatic carbocycles. The molecule has 0 aliphatic rings. The van der Waals surface area contributed by atoms with Gasteiger partial charge in [0, 0.05) is 5.56 Å². The van der Waals surface area contributed by atoms with Gasteiger partial charge in [0.15, 0.2) is 0 Å². The van der Waals surface area contributed by atoms with Crippen molar-refractivity contribution >= 4 is 18.2 Å². The summed E-state index contributed by atoms with van der Waals surface area (Å²) in [5.41, 5.74) is -0.964. The second kappa shape index (κ2) is 3.65. The zero-order valence-electron chi connectivity index (χ0n) is 6.80. The Morgan fingerprint density at radius 1 is 1.14 bits per heavy atom.